The van der Waals surface area contributed by atoms with Crippen molar-refractivity contribution in [2.45, 2.75) is 0 Å². The van der Waals surface area contributed by atoms with Crippen LogP contribution in [0.4, 0.5) is 6.01 Å². The lowest BCUT2D eigenvalue weighted by molar-refractivity contribution is 0.0690. The predicted octanol–water partition coefficient (Wildman–Crippen LogP) is -0.513. The Kier molecular flexibility index (Phi) is 3.60. The van der Waals surface area contributed by atoms with Crippen LogP contribution in [0.15, 0.2) is 10.7 Å². The summed E-state index contributed by atoms with van der Waals surface area (Å²) in [5.41, 5.74) is -0.0715. The highest BCUT2D eigenvalue weighted by molar-refractivity contribution is 5.85. The van der Waals surface area contributed by atoms with Crippen LogP contribution < -0.4 is 4.90 Å². The first-order valence-corrected chi connectivity index (χ1v) is 5.47. The Balaban J connectivity index is 1.93. The van der Waals surface area contributed by atoms with E-state index in [9.17, 15) is 4.79 Å². The number of carboxylic acids is 1. The third-order valence-corrected chi connectivity index (χ3v) is 2.77. The predicted molar refractivity (Wildman–Crippen MR) is 59.2 cm³/mol. The van der Waals surface area contributed by atoms with Crippen molar-refractivity contribution in [3.63, 3.8) is 0 Å². The lowest BCUT2D eigenvalue weighted by Crippen LogP contribution is -2.47. The fourth-order valence-electron chi connectivity index (χ4n) is 1.81. The molecule has 2 heterocycles. The molecule has 0 unspecified atom stereocenters. The van der Waals surface area contributed by atoms with Gasteiger partial charge in [-0.05, 0) is 0 Å². The van der Waals surface area contributed by atoms with Crippen LogP contribution in [-0.2, 0) is 0 Å². The van der Waals surface area contributed by atoms with Gasteiger partial charge < -0.3 is 19.5 Å². The topological polar surface area (TPSA) is 90.0 Å². The number of aliphatic hydroxyl groups excluding tert-OH is 1. The molecule has 0 aromatic carbocycles. The Morgan fingerprint density at radius 2 is 2.12 bits per heavy atom. The van der Waals surface area contributed by atoms with Gasteiger partial charge in [0, 0.05) is 32.7 Å². The zero-order valence-corrected chi connectivity index (χ0v) is 9.37. The van der Waals surface area contributed by atoms with Crippen LogP contribution in [0.3, 0.4) is 0 Å². The number of aromatic carboxylic acids is 1. The number of aliphatic hydroxyl groups is 1. The Labute approximate surface area is 98.3 Å². The van der Waals surface area contributed by atoms with Crippen molar-refractivity contribution in [3.8, 4) is 0 Å². The second-order valence-electron chi connectivity index (χ2n) is 3.87. The smallest absolute Gasteiger partial charge is 0.357 e. The molecule has 1 aromatic heterocycles. The highest BCUT2D eigenvalue weighted by atomic mass is 16.4. The van der Waals surface area contributed by atoms with Gasteiger partial charge in [0.25, 0.3) is 6.01 Å². The Morgan fingerprint density at radius 1 is 1.41 bits per heavy atom. The molecule has 1 saturated heterocycles. The molecule has 0 amide bonds. The molecule has 0 atom stereocenters. The highest BCUT2D eigenvalue weighted by Gasteiger charge is 2.21. The zero-order valence-electron chi connectivity index (χ0n) is 9.37. The largest absolute Gasteiger partial charge is 0.476 e. The van der Waals surface area contributed by atoms with Gasteiger partial charge in [0.2, 0.25) is 0 Å². The number of rotatable bonds is 4. The Morgan fingerprint density at radius 3 is 2.65 bits per heavy atom. The summed E-state index contributed by atoms with van der Waals surface area (Å²) < 4.78 is 5.13. The third-order valence-electron chi connectivity index (χ3n) is 2.77. The number of hydrogen-bond acceptors (Lipinski definition) is 6. The van der Waals surface area contributed by atoms with E-state index in [1.165, 1.54) is 0 Å². The normalized spacial score (nSPS) is 17.4. The molecule has 1 aliphatic heterocycles. The van der Waals surface area contributed by atoms with E-state index in [4.69, 9.17) is 14.6 Å². The summed E-state index contributed by atoms with van der Waals surface area (Å²) in [6.45, 7) is 3.89. The summed E-state index contributed by atoms with van der Waals surface area (Å²) in [7, 11) is 0. The van der Waals surface area contributed by atoms with E-state index in [1.807, 2.05) is 4.90 Å². The molecule has 2 N–H and O–H groups in total. The zero-order chi connectivity index (χ0) is 12.3. The van der Waals surface area contributed by atoms with Crippen LogP contribution in [0, 0.1) is 0 Å². The molecule has 1 aliphatic rings. The van der Waals surface area contributed by atoms with Crippen molar-refractivity contribution in [1.82, 2.24) is 9.88 Å². The van der Waals surface area contributed by atoms with E-state index in [2.05, 4.69) is 9.88 Å². The van der Waals surface area contributed by atoms with Gasteiger partial charge in [0.05, 0.1) is 6.61 Å². The van der Waals surface area contributed by atoms with Crippen molar-refractivity contribution in [1.29, 1.82) is 0 Å². The van der Waals surface area contributed by atoms with Crippen LogP contribution >= 0.6 is 0 Å². The molecule has 94 valence electrons. The maximum Gasteiger partial charge on any atom is 0.357 e. The minimum Gasteiger partial charge on any atom is -0.476 e. The number of anilines is 1. The van der Waals surface area contributed by atoms with Crippen molar-refractivity contribution >= 4 is 12.0 Å². The fourth-order valence-corrected chi connectivity index (χ4v) is 1.81. The number of hydrogen-bond donors (Lipinski definition) is 2. The quantitative estimate of drug-likeness (QED) is 0.733. The van der Waals surface area contributed by atoms with E-state index >= 15 is 0 Å². The monoisotopic (exact) mass is 241 g/mol. The van der Waals surface area contributed by atoms with Gasteiger partial charge in [-0.1, -0.05) is 0 Å². The summed E-state index contributed by atoms with van der Waals surface area (Å²) in [5, 5.41) is 17.5. The third kappa shape index (κ3) is 2.75. The van der Waals surface area contributed by atoms with Gasteiger partial charge in [-0.15, -0.1) is 0 Å². The number of β-amino-alcohol motifs (C(OH)–C–C–N with tert-alkyl or cyclic N) is 1. The fraction of sp³-hybridized carbons (Fsp3) is 0.600. The average molecular weight is 241 g/mol. The molecular formula is C10H15N3O4. The van der Waals surface area contributed by atoms with Crippen molar-refractivity contribution in [3.05, 3.63) is 12.0 Å². The van der Waals surface area contributed by atoms with Crippen LogP contribution in [0.25, 0.3) is 0 Å². The van der Waals surface area contributed by atoms with Crippen LogP contribution in [0.1, 0.15) is 10.5 Å². The van der Waals surface area contributed by atoms with Gasteiger partial charge in [0.15, 0.2) is 5.69 Å². The van der Waals surface area contributed by atoms with Crippen molar-refractivity contribution < 1.29 is 19.4 Å². The van der Waals surface area contributed by atoms with E-state index < -0.39 is 5.97 Å². The maximum absolute atomic E-state index is 10.7. The summed E-state index contributed by atoms with van der Waals surface area (Å²) in [6.07, 6.45) is 1.15. The first kappa shape index (κ1) is 11.9. The van der Waals surface area contributed by atoms with Crippen LogP contribution in [0.2, 0.25) is 0 Å². The van der Waals surface area contributed by atoms with Gasteiger partial charge >= 0.3 is 5.97 Å². The SMILES string of the molecule is O=C(O)c1coc(N2CCN(CCO)CC2)n1. The molecule has 7 nitrogen and oxygen atoms in total. The number of aromatic nitrogens is 1. The average Bonchev–Trinajstić information content (AvgIpc) is 2.80. The van der Waals surface area contributed by atoms with E-state index in [-0.39, 0.29) is 12.3 Å². The Hall–Kier alpha value is -1.60. The van der Waals surface area contributed by atoms with Gasteiger partial charge in [-0.2, -0.15) is 4.98 Å². The molecule has 1 fully saturated rings. The lowest BCUT2D eigenvalue weighted by atomic mass is 10.3. The molecule has 0 saturated carbocycles. The summed E-state index contributed by atoms with van der Waals surface area (Å²) in [4.78, 5) is 18.6. The lowest BCUT2D eigenvalue weighted by Gasteiger charge is -2.33. The van der Waals surface area contributed by atoms with Crippen molar-refractivity contribution in [2.75, 3.05) is 44.2 Å². The van der Waals surface area contributed by atoms with E-state index in [0.717, 1.165) is 32.4 Å². The highest BCUT2D eigenvalue weighted by Crippen LogP contribution is 2.15. The number of piperazine rings is 1. The molecule has 1 aromatic rings. The van der Waals surface area contributed by atoms with E-state index in [0.29, 0.717) is 12.6 Å². The summed E-state index contributed by atoms with van der Waals surface area (Å²) >= 11 is 0. The van der Waals surface area contributed by atoms with Crippen LogP contribution in [-0.4, -0.2) is 65.4 Å². The number of oxazole rings is 1. The molecule has 2 rings (SSSR count). The molecule has 0 spiro atoms. The molecule has 0 radical (unpaired) electrons. The minimum absolute atomic E-state index is 0.0715. The number of carboxylic acid groups (broad SMARTS) is 1. The molecular weight excluding hydrogens is 226 g/mol. The minimum atomic E-state index is -1.08. The molecule has 7 heteroatoms. The van der Waals surface area contributed by atoms with Crippen molar-refractivity contribution in [2.24, 2.45) is 0 Å². The number of carbonyl (C=O) groups is 1. The summed E-state index contributed by atoms with van der Waals surface area (Å²) in [6, 6.07) is 0.353. The second kappa shape index (κ2) is 5.15. The summed E-state index contributed by atoms with van der Waals surface area (Å²) in [5.74, 6) is -1.08. The Bertz CT molecular complexity index is 385. The first-order chi connectivity index (χ1) is 8.20. The van der Waals surface area contributed by atoms with Gasteiger partial charge in [-0.25, -0.2) is 4.79 Å². The maximum atomic E-state index is 10.7. The van der Waals surface area contributed by atoms with Gasteiger partial charge in [-0.3, -0.25) is 4.90 Å². The first-order valence-electron chi connectivity index (χ1n) is 5.47. The number of nitrogens with zero attached hydrogens (tertiary/aromatic N) is 3. The van der Waals surface area contributed by atoms with E-state index in [1.54, 1.807) is 0 Å². The van der Waals surface area contributed by atoms with Crippen LogP contribution in [0.5, 0.6) is 0 Å². The molecule has 17 heavy (non-hydrogen) atoms. The second-order valence-corrected chi connectivity index (χ2v) is 3.87. The molecule has 0 bridgehead atoms. The van der Waals surface area contributed by atoms with Gasteiger partial charge in [0.1, 0.15) is 6.26 Å². The standard InChI is InChI=1S/C10H15N3O4/c14-6-5-12-1-3-13(4-2-12)10-11-8(7-17-10)9(15)16/h7,14H,1-6H2,(H,15,16). The molecule has 0 aliphatic carbocycles.